The topological polar surface area (TPSA) is 82.5 Å². The Bertz CT molecular complexity index is 922. The summed E-state index contributed by atoms with van der Waals surface area (Å²) in [4.78, 5) is 20.5. The minimum atomic E-state index is -4.64. The molecule has 2 N–H and O–H groups in total. The van der Waals surface area contributed by atoms with Crippen LogP contribution in [0.4, 0.5) is 13.2 Å². The highest BCUT2D eigenvalue weighted by Gasteiger charge is 2.40. The van der Waals surface area contributed by atoms with Gasteiger partial charge >= 0.3 is 12.1 Å². The van der Waals surface area contributed by atoms with E-state index in [0.29, 0.717) is 17.8 Å². The molecule has 6 nitrogen and oxygen atoms in total. The molecule has 0 spiro atoms. The maximum Gasteiger partial charge on any atom is 0.449 e. The Labute approximate surface area is 159 Å². The molecule has 2 saturated carbocycles. The van der Waals surface area contributed by atoms with E-state index in [1.54, 1.807) is 12.1 Å². The fraction of sp³-hybridized carbons (Fsp3) is 0.526. The van der Waals surface area contributed by atoms with Crippen molar-refractivity contribution in [3.63, 3.8) is 0 Å². The van der Waals surface area contributed by atoms with Crippen LogP contribution in [0.3, 0.4) is 0 Å². The van der Waals surface area contributed by atoms with Crippen molar-refractivity contribution in [3.8, 4) is 0 Å². The summed E-state index contributed by atoms with van der Waals surface area (Å²) in [6, 6.07) is 6.23. The van der Waals surface area contributed by atoms with Crippen molar-refractivity contribution in [2.24, 2.45) is 28.6 Å². The number of nitrogens with two attached hydrogens (primary N) is 1. The third-order valence-corrected chi connectivity index (χ3v) is 5.81. The van der Waals surface area contributed by atoms with Crippen molar-refractivity contribution in [2.45, 2.75) is 44.8 Å². The molecule has 2 aromatic rings. The zero-order chi connectivity index (χ0) is 19.9. The number of amidine groups is 1. The molecular formula is C19H21F3N4O2. The van der Waals surface area contributed by atoms with E-state index < -0.39 is 18.0 Å². The van der Waals surface area contributed by atoms with Gasteiger partial charge in [0, 0.05) is 0 Å². The largest absolute Gasteiger partial charge is 0.449 e. The lowest BCUT2D eigenvalue weighted by Gasteiger charge is -2.19. The first kappa shape index (κ1) is 18.8. The summed E-state index contributed by atoms with van der Waals surface area (Å²) in [5, 5.41) is 3.56. The molecule has 2 bridgehead atoms. The Balaban J connectivity index is 1.44. The van der Waals surface area contributed by atoms with Crippen molar-refractivity contribution >= 4 is 22.8 Å². The summed E-state index contributed by atoms with van der Waals surface area (Å²) in [6.07, 6.45) is 0.243. The first-order valence-corrected chi connectivity index (χ1v) is 9.36. The number of hydrogen-bond donors (Lipinski definition) is 1. The molecule has 2 aliphatic rings. The molecule has 1 aromatic carbocycles. The number of carbonyl (C=O) groups is 1. The van der Waals surface area contributed by atoms with Gasteiger partial charge < -0.3 is 15.1 Å². The van der Waals surface area contributed by atoms with E-state index in [-0.39, 0.29) is 29.8 Å². The van der Waals surface area contributed by atoms with Gasteiger partial charge in [0.15, 0.2) is 5.84 Å². The maximum absolute atomic E-state index is 13.3. The number of aromatic nitrogens is 2. The minimum absolute atomic E-state index is 0.205. The number of rotatable bonds is 5. The van der Waals surface area contributed by atoms with Gasteiger partial charge in [-0.05, 0) is 49.1 Å². The summed E-state index contributed by atoms with van der Waals surface area (Å²) < 4.78 is 40.8. The molecular weight excluding hydrogens is 373 g/mol. The van der Waals surface area contributed by atoms with Gasteiger partial charge in [0.2, 0.25) is 5.82 Å². The second-order valence-electron chi connectivity index (χ2n) is 7.69. The van der Waals surface area contributed by atoms with E-state index in [2.05, 4.69) is 10.1 Å². The number of oxime groups is 1. The van der Waals surface area contributed by atoms with Crippen LogP contribution in [-0.4, -0.2) is 21.4 Å². The normalized spacial score (nSPS) is 24.8. The maximum atomic E-state index is 13.3. The van der Waals surface area contributed by atoms with Crippen molar-refractivity contribution in [1.82, 2.24) is 9.55 Å². The molecule has 1 heterocycles. The molecule has 4 rings (SSSR count). The van der Waals surface area contributed by atoms with Crippen LogP contribution in [0.5, 0.6) is 0 Å². The van der Waals surface area contributed by atoms with Crippen LogP contribution in [-0.2, 0) is 22.4 Å². The molecule has 0 radical (unpaired) electrons. The van der Waals surface area contributed by atoms with Gasteiger partial charge in [-0.25, -0.2) is 9.78 Å². The molecule has 0 aliphatic heterocycles. The van der Waals surface area contributed by atoms with Gasteiger partial charge in [0.05, 0.1) is 24.0 Å². The average Bonchev–Trinajstić information content (AvgIpc) is 3.34. The Morgan fingerprint density at radius 3 is 2.75 bits per heavy atom. The van der Waals surface area contributed by atoms with Crippen LogP contribution in [0, 0.1) is 17.8 Å². The first-order valence-electron chi connectivity index (χ1n) is 9.36. The number of hydrogen-bond acceptors (Lipinski definition) is 4. The van der Waals surface area contributed by atoms with Crippen LogP contribution in [0.15, 0.2) is 29.4 Å². The summed E-state index contributed by atoms with van der Waals surface area (Å²) in [5.41, 5.74) is 6.23. The highest BCUT2D eigenvalue weighted by Crippen LogP contribution is 2.49. The number of alkyl halides is 3. The van der Waals surface area contributed by atoms with E-state index in [9.17, 15) is 18.0 Å². The van der Waals surface area contributed by atoms with Crippen molar-refractivity contribution < 1.29 is 22.8 Å². The quantitative estimate of drug-likeness (QED) is 0.363. The van der Waals surface area contributed by atoms with Crippen molar-refractivity contribution in [1.29, 1.82) is 0 Å². The van der Waals surface area contributed by atoms with Gasteiger partial charge in [-0.2, -0.15) is 13.2 Å². The predicted molar refractivity (Wildman–Crippen MR) is 96.0 cm³/mol. The molecule has 0 unspecified atom stereocenters. The number of carbonyl (C=O) groups excluding carboxylic acids is 1. The molecule has 3 atom stereocenters. The predicted octanol–water partition coefficient (Wildman–Crippen LogP) is 3.70. The number of imidazole rings is 1. The van der Waals surface area contributed by atoms with E-state index in [4.69, 9.17) is 10.6 Å². The lowest BCUT2D eigenvalue weighted by atomic mass is 9.86. The van der Waals surface area contributed by atoms with Gasteiger partial charge in [0.1, 0.15) is 0 Å². The number of halogens is 3. The SMILES string of the molecule is N/C(Cn1c(C(F)(F)F)nc2ccccc21)=N/OC(=O)C[C@H]1C[C@@H]2CC[C@@H]1C2. The van der Waals surface area contributed by atoms with Crippen LogP contribution in [0.2, 0.25) is 0 Å². The number of nitrogens with zero attached hydrogens (tertiary/aromatic N) is 3. The Morgan fingerprint density at radius 1 is 1.29 bits per heavy atom. The summed E-state index contributed by atoms with van der Waals surface area (Å²) in [7, 11) is 0. The molecule has 2 aliphatic carbocycles. The third-order valence-electron chi connectivity index (χ3n) is 5.81. The molecule has 0 saturated heterocycles. The fourth-order valence-corrected chi connectivity index (χ4v) is 4.63. The van der Waals surface area contributed by atoms with E-state index in [0.717, 1.165) is 17.4 Å². The van der Waals surface area contributed by atoms with Crippen molar-refractivity contribution in [3.05, 3.63) is 30.1 Å². The summed E-state index contributed by atoms with van der Waals surface area (Å²) in [5.74, 6) is -0.184. The van der Waals surface area contributed by atoms with E-state index in [1.807, 2.05) is 0 Å². The zero-order valence-electron chi connectivity index (χ0n) is 15.2. The number of para-hydroxylation sites is 2. The Morgan fingerprint density at radius 2 is 2.07 bits per heavy atom. The second kappa shape index (κ2) is 7.10. The van der Waals surface area contributed by atoms with Crippen molar-refractivity contribution in [2.75, 3.05) is 0 Å². The van der Waals surface area contributed by atoms with Crippen LogP contribution in [0.1, 0.15) is 37.9 Å². The zero-order valence-corrected chi connectivity index (χ0v) is 15.2. The van der Waals surface area contributed by atoms with Gasteiger partial charge in [0.25, 0.3) is 0 Å². The highest BCUT2D eigenvalue weighted by atomic mass is 19.4. The minimum Gasteiger partial charge on any atom is -0.383 e. The monoisotopic (exact) mass is 394 g/mol. The van der Waals surface area contributed by atoms with Crippen LogP contribution >= 0.6 is 0 Å². The molecule has 28 heavy (non-hydrogen) atoms. The van der Waals surface area contributed by atoms with E-state index in [1.165, 1.54) is 25.0 Å². The first-order chi connectivity index (χ1) is 13.3. The van der Waals surface area contributed by atoms with Gasteiger partial charge in [-0.1, -0.05) is 23.7 Å². The molecule has 150 valence electrons. The van der Waals surface area contributed by atoms with E-state index >= 15 is 0 Å². The number of benzene rings is 1. The van der Waals surface area contributed by atoms with Crippen LogP contribution < -0.4 is 5.73 Å². The standard InChI is InChI=1S/C19H21F3N4O2/c20-19(21,22)18-24-14-3-1-2-4-15(14)26(18)10-16(23)25-28-17(27)9-13-8-11-5-6-12(13)7-11/h1-4,11-13H,5-10H2,(H2,23,25)/t11-,12-,13-/m1/s1. The lowest BCUT2D eigenvalue weighted by molar-refractivity contribution is -0.147. The molecule has 9 heteroatoms. The number of fused-ring (bicyclic) bond motifs is 3. The lowest BCUT2D eigenvalue weighted by Crippen LogP contribution is -2.25. The second-order valence-corrected chi connectivity index (χ2v) is 7.69. The summed E-state index contributed by atoms with van der Waals surface area (Å²) >= 11 is 0. The Kier molecular flexibility index (Phi) is 4.76. The highest BCUT2D eigenvalue weighted by molar-refractivity contribution is 5.84. The summed E-state index contributed by atoms with van der Waals surface area (Å²) in [6.45, 7) is -0.378. The van der Waals surface area contributed by atoms with Gasteiger partial charge in [-0.3, -0.25) is 0 Å². The fourth-order valence-electron chi connectivity index (χ4n) is 4.63. The van der Waals surface area contributed by atoms with Gasteiger partial charge in [-0.15, -0.1) is 0 Å². The van der Waals surface area contributed by atoms with Crippen LogP contribution in [0.25, 0.3) is 11.0 Å². The molecule has 0 amide bonds. The molecule has 2 fully saturated rings. The molecule has 1 aromatic heterocycles. The smallest absolute Gasteiger partial charge is 0.383 e. The average molecular weight is 394 g/mol. The Hall–Kier alpha value is -2.58. The third kappa shape index (κ3) is 3.70.